The summed E-state index contributed by atoms with van der Waals surface area (Å²) in [5.41, 5.74) is 0.146. The minimum atomic E-state index is -4.72. The van der Waals surface area contributed by atoms with Gasteiger partial charge >= 0.3 is 6.18 Å². The van der Waals surface area contributed by atoms with Crippen molar-refractivity contribution in [3.63, 3.8) is 0 Å². The zero-order chi connectivity index (χ0) is 27.0. The van der Waals surface area contributed by atoms with Gasteiger partial charge in [-0.05, 0) is 42.7 Å². The number of carbonyl (C=O) groups excluding carboxylic acids is 1. The van der Waals surface area contributed by atoms with Crippen LogP contribution in [0.2, 0.25) is 0 Å². The van der Waals surface area contributed by atoms with Crippen LogP contribution >= 0.6 is 0 Å². The standard InChI is InChI=1S/C23H20F5N5O3S/c1-13-6-7-33(37(35,36)17-4-2-16(24)3-5-17)20(13)21(34)30-9-14-8-19(29-12-18(14)25)15-10-31-22(32-11-15)23(26,27)28/h2-5,8,10-13,20H,6-7,9H2,1H3,(H,30,34)/t13-,20?/m0/s1. The number of sulfonamides is 1. The molecule has 8 nitrogen and oxygen atoms in total. The van der Waals surface area contributed by atoms with Crippen LogP contribution in [0.3, 0.4) is 0 Å². The fourth-order valence-corrected chi connectivity index (χ4v) is 5.68. The molecule has 0 aliphatic carbocycles. The molecule has 14 heteroatoms. The Morgan fingerprint density at radius 2 is 1.73 bits per heavy atom. The van der Waals surface area contributed by atoms with E-state index in [1.807, 2.05) is 0 Å². The number of benzene rings is 1. The number of nitrogens with zero attached hydrogens (tertiary/aromatic N) is 4. The Kier molecular flexibility index (Phi) is 7.24. The van der Waals surface area contributed by atoms with Gasteiger partial charge in [-0.15, -0.1) is 0 Å². The summed E-state index contributed by atoms with van der Waals surface area (Å²) in [6.07, 6.45) is -1.68. The van der Waals surface area contributed by atoms with Crippen molar-refractivity contribution in [2.45, 2.75) is 37.0 Å². The second-order valence-electron chi connectivity index (χ2n) is 8.45. The summed E-state index contributed by atoms with van der Waals surface area (Å²) in [6, 6.07) is 4.39. The third-order valence-electron chi connectivity index (χ3n) is 5.93. The topological polar surface area (TPSA) is 105 Å². The van der Waals surface area contributed by atoms with Crippen molar-refractivity contribution in [2.24, 2.45) is 5.92 Å². The molecule has 0 spiro atoms. The molecule has 1 fully saturated rings. The molecule has 0 saturated carbocycles. The first kappa shape index (κ1) is 26.5. The van der Waals surface area contributed by atoms with Crippen LogP contribution in [0, 0.1) is 17.6 Å². The summed E-state index contributed by atoms with van der Waals surface area (Å²) in [7, 11) is -4.10. The van der Waals surface area contributed by atoms with Crippen LogP contribution in [-0.4, -0.2) is 46.2 Å². The van der Waals surface area contributed by atoms with Gasteiger partial charge in [0, 0.05) is 36.6 Å². The second kappa shape index (κ2) is 10.1. The van der Waals surface area contributed by atoms with E-state index in [1.165, 1.54) is 6.07 Å². The number of hydrogen-bond donors (Lipinski definition) is 1. The van der Waals surface area contributed by atoms with Gasteiger partial charge in [0.15, 0.2) is 0 Å². The van der Waals surface area contributed by atoms with Crippen LogP contribution in [-0.2, 0) is 27.5 Å². The van der Waals surface area contributed by atoms with E-state index in [9.17, 15) is 35.2 Å². The molecule has 1 amide bonds. The Hall–Kier alpha value is -3.52. The lowest BCUT2D eigenvalue weighted by Gasteiger charge is -2.25. The Balaban J connectivity index is 1.51. The maximum absolute atomic E-state index is 14.4. The predicted molar refractivity (Wildman–Crippen MR) is 120 cm³/mol. The summed E-state index contributed by atoms with van der Waals surface area (Å²) < 4.78 is 93.0. The number of nitrogens with one attached hydrogen (secondary N) is 1. The minimum absolute atomic E-state index is 0.0307. The molecule has 1 unspecified atom stereocenters. The zero-order valence-electron chi connectivity index (χ0n) is 19.2. The Bertz CT molecular complexity index is 1400. The number of pyridine rings is 1. The van der Waals surface area contributed by atoms with E-state index in [2.05, 4.69) is 20.3 Å². The summed E-state index contributed by atoms with van der Waals surface area (Å²) >= 11 is 0. The number of rotatable bonds is 6. The van der Waals surface area contributed by atoms with Crippen molar-refractivity contribution >= 4 is 15.9 Å². The number of carbonyl (C=O) groups is 1. The molecule has 1 aliphatic heterocycles. The van der Waals surface area contributed by atoms with Crippen molar-refractivity contribution < 1.29 is 35.2 Å². The number of halogens is 5. The van der Waals surface area contributed by atoms with Gasteiger partial charge in [0.2, 0.25) is 21.8 Å². The Labute approximate surface area is 208 Å². The average molecular weight is 542 g/mol. The van der Waals surface area contributed by atoms with E-state index in [-0.39, 0.29) is 40.7 Å². The van der Waals surface area contributed by atoms with E-state index in [1.54, 1.807) is 6.92 Å². The van der Waals surface area contributed by atoms with Gasteiger partial charge in [-0.2, -0.15) is 17.5 Å². The maximum atomic E-state index is 14.4. The highest BCUT2D eigenvalue weighted by molar-refractivity contribution is 7.89. The quantitative estimate of drug-likeness (QED) is 0.479. The normalized spacial score (nSPS) is 18.6. The summed E-state index contributed by atoms with van der Waals surface area (Å²) in [6.45, 7) is 1.44. The molecule has 2 atom stereocenters. The predicted octanol–water partition coefficient (Wildman–Crippen LogP) is 3.55. The van der Waals surface area contributed by atoms with Crippen molar-refractivity contribution in [1.29, 1.82) is 0 Å². The van der Waals surface area contributed by atoms with Crippen molar-refractivity contribution in [3.8, 4) is 11.3 Å². The lowest BCUT2D eigenvalue weighted by molar-refractivity contribution is -0.145. The molecule has 1 saturated heterocycles. The van der Waals surface area contributed by atoms with Gasteiger partial charge in [-0.3, -0.25) is 9.78 Å². The highest BCUT2D eigenvalue weighted by Gasteiger charge is 2.43. The van der Waals surface area contributed by atoms with E-state index < -0.39 is 45.6 Å². The second-order valence-corrected chi connectivity index (χ2v) is 10.3. The van der Waals surface area contributed by atoms with Gasteiger partial charge in [0.05, 0.1) is 16.8 Å². The average Bonchev–Trinajstić information content (AvgIpc) is 3.25. The number of aromatic nitrogens is 3. The molecule has 1 aromatic carbocycles. The summed E-state index contributed by atoms with van der Waals surface area (Å²) in [5.74, 6) is -3.74. The van der Waals surface area contributed by atoms with Crippen LogP contribution in [0.1, 0.15) is 24.7 Å². The molecule has 3 heterocycles. The smallest absolute Gasteiger partial charge is 0.351 e. The van der Waals surface area contributed by atoms with Crippen LogP contribution < -0.4 is 5.32 Å². The fraction of sp³-hybridized carbons (Fsp3) is 0.304. The molecule has 0 radical (unpaired) electrons. The first-order valence-corrected chi connectivity index (χ1v) is 12.4. The molecule has 196 valence electrons. The fourth-order valence-electron chi connectivity index (χ4n) is 3.98. The molecule has 37 heavy (non-hydrogen) atoms. The van der Waals surface area contributed by atoms with Crippen molar-refractivity contribution in [3.05, 3.63) is 71.9 Å². The van der Waals surface area contributed by atoms with Gasteiger partial charge < -0.3 is 5.32 Å². The van der Waals surface area contributed by atoms with Crippen LogP contribution in [0.25, 0.3) is 11.3 Å². The molecular weight excluding hydrogens is 521 g/mol. The maximum Gasteiger partial charge on any atom is 0.451 e. The van der Waals surface area contributed by atoms with Crippen LogP contribution in [0.15, 0.2) is 53.8 Å². The first-order chi connectivity index (χ1) is 17.4. The Morgan fingerprint density at radius 3 is 2.35 bits per heavy atom. The van der Waals surface area contributed by atoms with E-state index in [0.29, 0.717) is 6.42 Å². The van der Waals surface area contributed by atoms with Gasteiger partial charge in [0.25, 0.3) is 0 Å². The van der Waals surface area contributed by atoms with E-state index in [4.69, 9.17) is 0 Å². The monoisotopic (exact) mass is 541 g/mol. The summed E-state index contributed by atoms with van der Waals surface area (Å²) in [5, 5.41) is 2.53. The lowest BCUT2D eigenvalue weighted by Crippen LogP contribution is -2.47. The molecule has 1 N–H and O–H groups in total. The SMILES string of the molecule is C[C@H]1CCN(S(=O)(=O)c2ccc(F)cc2)C1C(=O)NCc1cc(-c2cnc(C(F)(F)F)nc2)ncc1F. The lowest BCUT2D eigenvalue weighted by atomic mass is 10.0. The third-order valence-corrected chi connectivity index (χ3v) is 7.83. The summed E-state index contributed by atoms with van der Waals surface area (Å²) in [4.78, 5) is 23.2. The Morgan fingerprint density at radius 1 is 1.08 bits per heavy atom. The zero-order valence-corrected chi connectivity index (χ0v) is 20.0. The molecule has 2 aromatic heterocycles. The molecule has 4 rings (SSSR count). The van der Waals surface area contributed by atoms with Crippen LogP contribution in [0.4, 0.5) is 22.0 Å². The minimum Gasteiger partial charge on any atom is -0.351 e. The van der Waals surface area contributed by atoms with E-state index >= 15 is 0 Å². The van der Waals surface area contributed by atoms with Gasteiger partial charge in [-0.25, -0.2) is 27.2 Å². The van der Waals surface area contributed by atoms with Crippen LogP contribution in [0.5, 0.6) is 0 Å². The number of amides is 1. The molecule has 1 aliphatic rings. The highest BCUT2D eigenvalue weighted by atomic mass is 32.2. The largest absolute Gasteiger partial charge is 0.451 e. The number of hydrogen-bond acceptors (Lipinski definition) is 6. The molecule has 0 bridgehead atoms. The first-order valence-electron chi connectivity index (χ1n) is 11.0. The van der Waals surface area contributed by atoms with Gasteiger partial charge in [0.1, 0.15) is 17.7 Å². The highest BCUT2D eigenvalue weighted by Crippen LogP contribution is 2.31. The van der Waals surface area contributed by atoms with Gasteiger partial charge in [-0.1, -0.05) is 6.92 Å². The molecule has 3 aromatic rings. The number of alkyl halides is 3. The third kappa shape index (κ3) is 5.59. The van der Waals surface area contributed by atoms with Crippen molar-refractivity contribution in [2.75, 3.05) is 6.54 Å². The van der Waals surface area contributed by atoms with Crippen molar-refractivity contribution in [1.82, 2.24) is 24.6 Å². The van der Waals surface area contributed by atoms with E-state index in [0.717, 1.165) is 47.2 Å². The molecular formula is C23H20F5N5O3S.